The van der Waals surface area contributed by atoms with Gasteiger partial charge in [-0.1, -0.05) is 6.92 Å². The molecule has 0 aromatic carbocycles. The van der Waals surface area contributed by atoms with Crippen LogP contribution in [0.4, 0.5) is 0 Å². The summed E-state index contributed by atoms with van der Waals surface area (Å²) in [6.45, 7) is 7.58. The Labute approximate surface area is 86.6 Å². The van der Waals surface area contributed by atoms with Crippen LogP contribution in [-0.2, 0) is 4.74 Å². The summed E-state index contributed by atoms with van der Waals surface area (Å²) in [5, 5.41) is 6.87. The lowest BCUT2D eigenvalue weighted by Gasteiger charge is -2.23. The van der Waals surface area contributed by atoms with Crippen molar-refractivity contribution in [2.24, 2.45) is 11.8 Å². The van der Waals surface area contributed by atoms with E-state index in [0.29, 0.717) is 6.10 Å². The first-order chi connectivity index (χ1) is 6.86. The summed E-state index contributed by atoms with van der Waals surface area (Å²) in [4.78, 5) is 0. The van der Waals surface area contributed by atoms with E-state index >= 15 is 0 Å². The molecule has 0 aromatic rings. The number of morpholine rings is 1. The van der Waals surface area contributed by atoms with E-state index in [1.165, 1.54) is 13.0 Å². The topological polar surface area (TPSA) is 33.3 Å². The fourth-order valence-electron chi connectivity index (χ4n) is 2.04. The Morgan fingerprint density at radius 1 is 1.50 bits per heavy atom. The Morgan fingerprint density at radius 3 is 3.00 bits per heavy atom. The third-order valence-electron chi connectivity index (χ3n) is 3.33. The van der Waals surface area contributed by atoms with Crippen LogP contribution < -0.4 is 10.6 Å². The number of hydrogen-bond acceptors (Lipinski definition) is 3. The van der Waals surface area contributed by atoms with Gasteiger partial charge in [0, 0.05) is 13.1 Å². The first kappa shape index (κ1) is 10.4. The Kier molecular flexibility index (Phi) is 3.79. The zero-order chi connectivity index (χ0) is 9.80. The number of hydrogen-bond donors (Lipinski definition) is 2. The quantitative estimate of drug-likeness (QED) is 0.635. The molecule has 82 valence electrons. The second-order valence-corrected chi connectivity index (χ2v) is 4.66. The van der Waals surface area contributed by atoms with Gasteiger partial charge in [0.1, 0.15) is 0 Å². The molecule has 0 amide bonds. The van der Waals surface area contributed by atoms with E-state index in [1.54, 1.807) is 0 Å². The second kappa shape index (κ2) is 5.10. The normalized spacial score (nSPS) is 37.1. The maximum absolute atomic E-state index is 5.62. The van der Waals surface area contributed by atoms with Crippen molar-refractivity contribution in [2.45, 2.75) is 25.9 Å². The van der Waals surface area contributed by atoms with Gasteiger partial charge in [0.15, 0.2) is 0 Å². The van der Waals surface area contributed by atoms with Gasteiger partial charge in [0.05, 0.1) is 12.7 Å². The monoisotopic (exact) mass is 198 g/mol. The fourth-order valence-corrected chi connectivity index (χ4v) is 2.04. The van der Waals surface area contributed by atoms with E-state index in [1.807, 2.05) is 0 Å². The van der Waals surface area contributed by atoms with E-state index in [0.717, 1.165) is 44.5 Å². The Hall–Kier alpha value is -0.120. The van der Waals surface area contributed by atoms with Crippen LogP contribution in [0.15, 0.2) is 0 Å². The summed E-state index contributed by atoms with van der Waals surface area (Å²) < 4.78 is 5.62. The average molecular weight is 198 g/mol. The molecule has 1 saturated heterocycles. The lowest BCUT2D eigenvalue weighted by atomic mass is 10.2. The zero-order valence-electron chi connectivity index (χ0n) is 9.09. The lowest BCUT2D eigenvalue weighted by molar-refractivity contribution is 0.0238. The van der Waals surface area contributed by atoms with E-state index in [9.17, 15) is 0 Å². The van der Waals surface area contributed by atoms with Crippen LogP contribution in [0.2, 0.25) is 0 Å². The van der Waals surface area contributed by atoms with Gasteiger partial charge < -0.3 is 15.4 Å². The van der Waals surface area contributed by atoms with Crippen molar-refractivity contribution in [3.8, 4) is 0 Å². The number of rotatable bonds is 5. The van der Waals surface area contributed by atoms with E-state index < -0.39 is 0 Å². The van der Waals surface area contributed by atoms with Crippen LogP contribution in [-0.4, -0.2) is 38.9 Å². The number of nitrogens with one attached hydrogen (secondary N) is 2. The standard InChI is InChI=1S/C11H22N2O/c1-9-6-10(9)7-12-3-2-11-8-13-4-5-14-11/h9-13H,2-8H2,1H3. The molecule has 3 heteroatoms. The smallest absolute Gasteiger partial charge is 0.0712 e. The molecular formula is C11H22N2O. The number of ether oxygens (including phenoxy) is 1. The third-order valence-corrected chi connectivity index (χ3v) is 3.33. The van der Waals surface area contributed by atoms with Crippen LogP contribution in [0, 0.1) is 11.8 Å². The van der Waals surface area contributed by atoms with E-state index in [-0.39, 0.29) is 0 Å². The molecule has 2 rings (SSSR count). The Morgan fingerprint density at radius 2 is 2.36 bits per heavy atom. The maximum atomic E-state index is 5.62. The van der Waals surface area contributed by atoms with Crippen molar-refractivity contribution in [3.63, 3.8) is 0 Å². The molecule has 0 aromatic heterocycles. The van der Waals surface area contributed by atoms with Crippen LogP contribution >= 0.6 is 0 Å². The third kappa shape index (κ3) is 3.23. The van der Waals surface area contributed by atoms with Gasteiger partial charge in [-0.05, 0) is 37.8 Å². The fraction of sp³-hybridized carbons (Fsp3) is 1.00. The van der Waals surface area contributed by atoms with Gasteiger partial charge in [-0.15, -0.1) is 0 Å². The molecule has 1 saturated carbocycles. The summed E-state index contributed by atoms with van der Waals surface area (Å²) in [6, 6.07) is 0. The molecule has 3 unspecified atom stereocenters. The van der Waals surface area contributed by atoms with Crippen molar-refractivity contribution in [1.82, 2.24) is 10.6 Å². The van der Waals surface area contributed by atoms with Crippen LogP contribution in [0.1, 0.15) is 19.8 Å². The average Bonchev–Trinajstić information content (AvgIpc) is 2.91. The highest BCUT2D eigenvalue weighted by atomic mass is 16.5. The SMILES string of the molecule is CC1CC1CNCCC1CNCCO1. The van der Waals surface area contributed by atoms with Crippen LogP contribution in [0.3, 0.4) is 0 Å². The maximum Gasteiger partial charge on any atom is 0.0712 e. The molecule has 3 atom stereocenters. The molecule has 1 aliphatic heterocycles. The summed E-state index contributed by atoms with van der Waals surface area (Å²) in [7, 11) is 0. The Balaban J connectivity index is 1.45. The van der Waals surface area contributed by atoms with Gasteiger partial charge in [-0.3, -0.25) is 0 Å². The minimum atomic E-state index is 0.438. The Bertz CT molecular complexity index is 169. The van der Waals surface area contributed by atoms with Crippen LogP contribution in [0.25, 0.3) is 0 Å². The van der Waals surface area contributed by atoms with E-state index in [2.05, 4.69) is 17.6 Å². The molecule has 14 heavy (non-hydrogen) atoms. The first-order valence-electron chi connectivity index (χ1n) is 5.89. The van der Waals surface area contributed by atoms with Gasteiger partial charge in [0.25, 0.3) is 0 Å². The highest BCUT2D eigenvalue weighted by molar-refractivity contribution is 4.84. The lowest BCUT2D eigenvalue weighted by Crippen LogP contribution is -2.40. The zero-order valence-corrected chi connectivity index (χ0v) is 9.09. The molecule has 0 spiro atoms. The van der Waals surface area contributed by atoms with Gasteiger partial charge in [-0.2, -0.15) is 0 Å². The summed E-state index contributed by atoms with van der Waals surface area (Å²) >= 11 is 0. The van der Waals surface area contributed by atoms with Crippen LogP contribution in [0.5, 0.6) is 0 Å². The van der Waals surface area contributed by atoms with Gasteiger partial charge in [0.2, 0.25) is 0 Å². The molecule has 3 nitrogen and oxygen atoms in total. The largest absolute Gasteiger partial charge is 0.376 e. The molecule has 2 aliphatic rings. The van der Waals surface area contributed by atoms with Crippen molar-refractivity contribution in [1.29, 1.82) is 0 Å². The molecule has 2 fully saturated rings. The molecule has 1 heterocycles. The highest BCUT2D eigenvalue weighted by Crippen LogP contribution is 2.36. The first-order valence-corrected chi connectivity index (χ1v) is 5.89. The second-order valence-electron chi connectivity index (χ2n) is 4.66. The predicted octanol–water partition coefficient (Wildman–Crippen LogP) is 0.611. The van der Waals surface area contributed by atoms with Crippen molar-refractivity contribution in [3.05, 3.63) is 0 Å². The van der Waals surface area contributed by atoms with E-state index in [4.69, 9.17) is 4.74 Å². The molecule has 2 N–H and O–H groups in total. The highest BCUT2D eigenvalue weighted by Gasteiger charge is 2.31. The van der Waals surface area contributed by atoms with Crippen molar-refractivity contribution < 1.29 is 4.74 Å². The van der Waals surface area contributed by atoms with Gasteiger partial charge in [-0.25, -0.2) is 0 Å². The molecule has 0 radical (unpaired) electrons. The molecular weight excluding hydrogens is 176 g/mol. The van der Waals surface area contributed by atoms with Crippen molar-refractivity contribution in [2.75, 3.05) is 32.8 Å². The molecule has 1 aliphatic carbocycles. The summed E-state index contributed by atoms with van der Waals surface area (Å²) in [6.07, 6.45) is 3.01. The van der Waals surface area contributed by atoms with Gasteiger partial charge >= 0.3 is 0 Å². The summed E-state index contributed by atoms with van der Waals surface area (Å²) in [5.41, 5.74) is 0. The minimum Gasteiger partial charge on any atom is -0.376 e. The molecule has 0 bridgehead atoms. The van der Waals surface area contributed by atoms with Crippen molar-refractivity contribution >= 4 is 0 Å². The minimum absolute atomic E-state index is 0.438. The predicted molar refractivity (Wildman–Crippen MR) is 57.4 cm³/mol. The summed E-state index contributed by atoms with van der Waals surface area (Å²) in [5.74, 6) is 1.93.